The zero-order valence-corrected chi connectivity index (χ0v) is 14.3. The Kier molecular flexibility index (Phi) is 4.81. The second-order valence-corrected chi connectivity index (χ2v) is 6.29. The number of aryl methyl sites for hydroxylation is 1. The SMILES string of the molecule is Cc1ccc(N2CC(C)N(C(=O)c3cccc(CO)n3)CC2=O)cc1. The van der Waals surface area contributed by atoms with Gasteiger partial charge >= 0.3 is 0 Å². The first-order valence-electron chi connectivity index (χ1n) is 8.24. The number of aliphatic hydroxyl groups is 1. The molecule has 1 N–H and O–H groups in total. The van der Waals surface area contributed by atoms with E-state index in [0.717, 1.165) is 11.3 Å². The van der Waals surface area contributed by atoms with Gasteiger partial charge in [-0.25, -0.2) is 4.98 Å². The fourth-order valence-corrected chi connectivity index (χ4v) is 2.93. The third-order valence-corrected chi connectivity index (χ3v) is 4.38. The van der Waals surface area contributed by atoms with Gasteiger partial charge in [-0.2, -0.15) is 0 Å². The number of carbonyl (C=O) groups excluding carboxylic acids is 2. The van der Waals surface area contributed by atoms with Crippen molar-refractivity contribution in [1.82, 2.24) is 9.88 Å². The van der Waals surface area contributed by atoms with Gasteiger partial charge in [0.2, 0.25) is 5.91 Å². The lowest BCUT2D eigenvalue weighted by molar-refractivity contribution is -0.121. The molecule has 130 valence electrons. The van der Waals surface area contributed by atoms with Crippen LogP contribution in [0.15, 0.2) is 42.5 Å². The van der Waals surface area contributed by atoms with Gasteiger partial charge in [0.05, 0.1) is 12.3 Å². The summed E-state index contributed by atoms with van der Waals surface area (Å²) in [5.74, 6) is -0.409. The summed E-state index contributed by atoms with van der Waals surface area (Å²) in [6.07, 6.45) is 0. The Balaban J connectivity index is 1.78. The van der Waals surface area contributed by atoms with Crippen molar-refractivity contribution in [1.29, 1.82) is 0 Å². The summed E-state index contributed by atoms with van der Waals surface area (Å²) >= 11 is 0. The van der Waals surface area contributed by atoms with E-state index in [0.29, 0.717) is 12.2 Å². The number of carbonyl (C=O) groups is 2. The highest BCUT2D eigenvalue weighted by Gasteiger charge is 2.34. The van der Waals surface area contributed by atoms with Crippen LogP contribution in [0.5, 0.6) is 0 Å². The molecule has 1 fully saturated rings. The lowest BCUT2D eigenvalue weighted by atomic mass is 10.1. The van der Waals surface area contributed by atoms with Crippen LogP contribution < -0.4 is 4.90 Å². The van der Waals surface area contributed by atoms with Crippen molar-refractivity contribution in [3.05, 3.63) is 59.4 Å². The fourth-order valence-electron chi connectivity index (χ4n) is 2.93. The summed E-state index contributed by atoms with van der Waals surface area (Å²) in [7, 11) is 0. The predicted octanol–water partition coefficient (Wildman–Crippen LogP) is 1.76. The average molecular weight is 339 g/mol. The molecule has 1 aliphatic rings. The molecule has 1 aliphatic heterocycles. The Labute approximate surface area is 146 Å². The van der Waals surface area contributed by atoms with Crippen molar-refractivity contribution < 1.29 is 14.7 Å². The van der Waals surface area contributed by atoms with Crippen LogP contribution in [0.4, 0.5) is 5.69 Å². The van der Waals surface area contributed by atoms with Crippen LogP contribution in [-0.2, 0) is 11.4 Å². The molecule has 0 aliphatic carbocycles. The lowest BCUT2D eigenvalue weighted by Gasteiger charge is -2.39. The summed E-state index contributed by atoms with van der Waals surface area (Å²) in [6, 6.07) is 12.6. The number of hydrogen-bond acceptors (Lipinski definition) is 4. The maximum absolute atomic E-state index is 12.7. The summed E-state index contributed by atoms with van der Waals surface area (Å²) in [5, 5.41) is 9.18. The van der Waals surface area contributed by atoms with Crippen LogP contribution in [-0.4, -0.2) is 45.9 Å². The Hall–Kier alpha value is -2.73. The van der Waals surface area contributed by atoms with Gasteiger partial charge in [-0.15, -0.1) is 0 Å². The quantitative estimate of drug-likeness (QED) is 0.925. The van der Waals surface area contributed by atoms with Gasteiger partial charge in [0.1, 0.15) is 12.2 Å². The molecule has 1 aromatic heterocycles. The summed E-state index contributed by atoms with van der Waals surface area (Å²) in [4.78, 5) is 32.7. The first kappa shape index (κ1) is 17.1. The van der Waals surface area contributed by atoms with Gasteiger partial charge in [-0.05, 0) is 38.1 Å². The number of piperazine rings is 1. The first-order valence-corrected chi connectivity index (χ1v) is 8.24. The van der Waals surface area contributed by atoms with Crippen molar-refractivity contribution in [2.75, 3.05) is 18.0 Å². The largest absolute Gasteiger partial charge is 0.390 e. The Morgan fingerprint density at radius 1 is 1.24 bits per heavy atom. The number of anilines is 1. The van der Waals surface area contributed by atoms with E-state index in [-0.39, 0.29) is 36.7 Å². The lowest BCUT2D eigenvalue weighted by Crippen LogP contribution is -2.57. The minimum absolute atomic E-state index is 0.0128. The first-order chi connectivity index (χ1) is 12.0. The van der Waals surface area contributed by atoms with Crippen LogP contribution in [0.2, 0.25) is 0 Å². The van der Waals surface area contributed by atoms with Crippen LogP contribution >= 0.6 is 0 Å². The van der Waals surface area contributed by atoms with Crippen molar-refractivity contribution in [3.8, 4) is 0 Å². The minimum Gasteiger partial charge on any atom is -0.390 e. The molecule has 3 rings (SSSR count). The van der Waals surface area contributed by atoms with Gasteiger partial charge in [0.15, 0.2) is 0 Å². The molecule has 0 spiro atoms. The zero-order chi connectivity index (χ0) is 18.0. The molecule has 6 heteroatoms. The molecule has 1 unspecified atom stereocenters. The van der Waals surface area contributed by atoms with Crippen LogP contribution in [0, 0.1) is 6.92 Å². The van der Waals surface area contributed by atoms with E-state index in [1.807, 2.05) is 38.1 Å². The summed E-state index contributed by atoms with van der Waals surface area (Å²) < 4.78 is 0. The van der Waals surface area contributed by atoms with Gasteiger partial charge < -0.3 is 14.9 Å². The zero-order valence-electron chi connectivity index (χ0n) is 14.3. The number of rotatable bonds is 3. The fraction of sp³-hybridized carbons (Fsp3) is 0.316. The van der Waals surface area contributed by atoms with Crippen molar-refractivity contribution >= 4 is 17.5 Å². The second-order valence-electron chi connectivity index (χ2n) is 6.29. The molecule has 25 heavy (non-hydrogen) atoms. The molecule has 2 aromatic rings. The van der Waals surface area contributed by atoms with Crippen molar-refractivity contribution in [3.63, 3.8) is 0 Å². The monoisotopic (exact) mass is 339 g/mol. The normalized spacial score (nSPS) is 17.7. The summed E-state index contributed by atoms with van der Waals surface area (Å²) in [6.45, 7) is 4.14. The van der Waals surface area contributed by atoms with Crippen molar-refractivity contribution in [2.24, 2.45) is 0 Å². The Morgan fingerprint density at radius 3 is 2.64 bits per heavy atom. The number of hydrogen-bond donors (Lipinski definition) is 1. The molecule has 2 amide bonds. The van der Waals surface area contributed by atoms with Crippen LogP contribution in [0.3, 0.4) is 0 Å². The second kappa shape index (κ2) is 7.03. The van der Waals surface area contributed by atoms with Gasteiger partial charge in [0.25, 0.3) is 5.91 Å². The molecule has 1 saturated heterocycles. The highest BCUT2D eigenvalue weighted by Crippen LogP contribution is 2.21. The number of aliphatic hydroxyl groups excluding tert-OH is 1. The topological polar surface area (TPSA) is 73.7 Å². The molecule has 0 saturated carbocycles. The number of amides is 2. The molecule has 1 atom stereocenters. The third-order valence-electron chi connectivity index (χ3n) is 4.38. The maximum atomic E-state index is 12.7. The number of benzene rings is 1. The number of nitrogens with zero attached hydrogens (tertiary/aromatic N) is 3. The summed E-state index contributed by atoms with van der Waals surface area (Å²) in [5.41, 5.74) is 2.65. The van der Waals surface area contributed by atoms with Gasteiger partial charge in [-0.1, -0.05) is 23.8 Å². The van der Waals surface area contributed by atoms with E-state index in [1.165, 1.54) is 4.90 Å². The molecule has 0 radical (unpaired) electrons. The molecular formula is C19H21N3O3. The van der Waals surface area contributed by atoms with Gasteiger partial charge in [-0.3, -0.25) is 9.59 Å². The Morgan fingerprint density at radius 2 is 1.96 bits per heavy atom. The number of aromatic nitrogens is 1. The van der Waals surface area contributed by atoms with Crippen LogP contribution in [0.25, 0.3) is 0 Å². The van der Waals surface area contributed by atoms with Crippen LogP contribution in [0.1, 0.15) is 28.7 Å². The molecule has 0 bridgehead atoms. The highest BCUT2D eigenvalue weighted by molar-refractivity contribution is 6.01. The van der Waals surface area contributed by atoms with Crippen molar-refractivity contribution in [2.45, 2.75) is 26.5 Å². The predicted molar refractivity (Wildman–Crippen MR) is 94.2 cm³/mol. The average Bonchev–Trinajstić information content (AvgIpc) is 2.63. The van der Waals surface area contributed by atoms with E-state index in [9.17, 15) is 14.7 Å². The smallest absolute Gasteiger partial charge is 0.273 e. The maximum Gasteiger partial charge on any atom is 0.273 e. The Bertz CT molecular complexity index is 789. The molecular weight excluding hydrogens is 318 g/mol. The van der Waals surface area contributed by atoms with E-state index in [2.05, 4.69) is 4.98 Å². The molecule has 6 nitrogen and oxygen atoms in total. The standard InChI is InChI=1S/C19H21N3O3/c1-13-6-8-16(9-7-13)22-10-14(2)21(11-18(22)24)19(25)17-5-3-4-15(12-23)20-17/h3-9,14,23H,10-12H2,1-2H3. The van der Waals surface area contributed by atoms with E-state index < -0.39 is 0 Å². The third kappa shape index (κ3) is 3.53. The van der Waals surface area contributed by atoms with E-state index in [1.54, 1.807) is 23.1 Å². The molecule has 1 aromatic carbocycles. The van der Waals surface area contributed by atoms with E-state index in [4.69, 9.17) is 0 Å². The molecule has 2 heterocycles. The minimum atomic E-state index is -0.292. The van der Waals surface area contributed by atoms with E-state index >= 15 is 0 Å². The van der Waals surface area contributed by atoms with Gasteiger partial charge in [0, 0.05) is 18.3 Å². The highest BCUT2D eigenvalue weighted by atomic mass is 16.3. The number of pyridine rings is 1.